The third kappa shape index (κ3) is 3.91. The smallest absolute Gasteiger partial charge is 0.240 e. The van der Waals surface area contributed by atoms with Crippen LogP contribution in [0, 0.1) is 6.92 Å². The Balaban J connectivity index is 1.46. The summed E-state index contributed by atoms with van der Waals surface area (Å²) < 4.78 is 5.35. The van der Waals surface area contributed by atoms with E-state index in [9.17, 15) is 0 Å². The molecule has 2 aromatic heterocycles. The summed E-state index contributed by atoms with van der Waals surface area (Å²) in [5, 5.41) is 4.06. The zero-order valence-corrected chi connectivity index (χ0v) is 14.5. The van der Waals surface area contributed by atoms with Gasteiger partial charge in [0, 0.05) is 17.2 Å². The van der Waals surface area contributed by atoms with Crippen LogP contribution in [-0.2, 0) is 13.1 Å². The summed E-state index contributed by atoms with van der Waals surface area (Å²) in [4.78, 5) is 15.8. The largest absolute Gasteiger partial charge is 0.338 e. The Bertz CT molecular complexity index is 857. The maximum absolute atomic E-state index is 5.35. The molecule has 1 aromatic carbocycles. The highest BCUT2D eigenvalue weighted by Gasteiger charge is 2.28. The number of aromatic nitrogens is 4. The summed E-state index contributed by atoms with van der Waals surface area (Å²) >= 11 is 0. The van der Waals surface area contributed by atoms with E-state index in [2.05, 4.69) is 32.2 Å². The van der Waals surface area contributed by atoms with Crippen molar-refractivity contribution in [3.63, 3.8) is 0 Å². The van der Waals surface area contributed by atoms with Crippen LogP contribution >= 0.6 is 0 Å². The standard InChI is InChI=1S/C19H21N5O/c1-13-10-16(14-6-4-3-5-7-14)21-17(20-13)11-24(2)12-18-22-19(23-25-18)15-8-9-15/h3-7,10,15H,8-9,11-12H2,1-2H3. The molecule has 1 saturated carbocycles. The van der Waals surface area contributed by atoms with Gasteiger partial charge >= 0.3 is 0 Å². The number of hydrogen-bond donors (Lipinski definition) is 0. The Labute approximate surface area is 146 Å². The van der Waals surface area contributed by atoms with Crippen LogP contribution < -0.4 is 0 Å². The van der Waals surface area contributed by atoms with Gasteiger partial charge in [0.1, 0.15) is 5.82 Å². The lowest BCUT2D eigenvalue weighted by Crippen LogP contribution is -2.19. The lowest BCUT2D eigenvalue weighted by molar-refractivity contribution is 0.255. The molecule has 6 heteroatoms. The molecule has 0 bridgehead atoms. The third-order valence-corrected chi connectivity index (χ3v) is 4.21. The first-order valence-electron chi connectivity index (χ1n) is 8.58. The van der Waals surface area contributed by atoms with Gasteiger partial charge < -0.3 is 4.52 Å². The summed E-state index contributed by atoms with van der Waals surface area (Å²) in [6, 6.07) is 12.2. The average Bonchev–Trinajstić information content (AvgIpc) is 3.35. The van der Waals surface area contributed by atoms with E-state index in [4.69, 9.17) is 9.51 Å². The fraction of sp³-hybridized carbons (Fsp3) is 0.368. The number of aryl methyl sites for hydroxylation is 1. The molecule has 0 N–H and O–H groups in total. The molecule has 0 radical (unpaired) electrons. The first kappa shape index (κ1) is 15.9. The molecule has 128 valence electrons. The number of rotatable bonds is 6. The molecule has 0 aliphatic heterocycles. The lowest BCUT2D eigenvalue weighted by Gasteiger charge is -2.14. The molecule has 4 rings (SSSR count). The second kappa shape index (κ2) is 6.72. The predicted octanol–water partition coefficient (Wildman–Crippen LogP) is 3.34. The van der Waals surface area contributed by atoms with Gasteiger partial charge in [0.25, 0.3) is 0 Å². The van der Waals surface area contributed by atoms with Gasteiger partial charge in [-0.3, -0.25) is 4.90 Å². The Kier molecular flexibility index (Phi) is 4.28. The molecule has 0 spiro atoms. The van der Waals surface area contributed by atoms with E-state index in [0.29, 0.717) is 24.9 Å². The highest BCUT2D eigenvalue weighted by Crippen LogP contribution is 2.38. The van der Waals surface area contributed by atoms with Gasteiger partial charge in [0.05, 0.1) is 18.8 Å². The molecule has 0 atom stereocenters. The fourth-order valence-corrected chi connectivity index (χ4v) is 2.83. The molecule has 0 amide bonds. The zero-order valence-electron chi connectivity index (χ0n) is 14.5. The van der Waals surface area contributed by atoms with Crippen molar-refractivity contribution in [1.29, 1.82) is 0 Å². The highest BCUT2D eigenvalue weighted by atomic mass is 16.5. The van der Waals surface area contributed by atoms with Crippen LogP contribution in [0.25, 0.3) is 11.3 Å². The van der Waals surface area contributed by atoms with Crippen LogP contribution in [0.15, 0.2) is 40.9 Å². The minimum absolute atomic E-state index is 0.511. The molecule has 3 aromatic rings. The fourth-order valence-electron chi connectivity index (χ4n) is 2.83. The van der Waals surface area contributed by atoms with Gasteiger partial charge in [0.15, 0.2) is 5.82 Å². The number of benzene rings is 1. The van der Waals surface area contributed by atoms with Crippen molar-refractivity contribution in [3.8, 4) is 11.3 Å². The van der Waals surface area contributed by atoms with Crippen molar-refractivity contribution in [3.05, 3.63) is 59.6 Å². The van der Waals surface area contributed by atoms with Crippen LogP contribution in [0.5, 0.6) is 0 Å². The second-order valence-electron chi connectivity index (χ2n) is 6.67. The van der Waals surface area contributed by atoms with Gasteiger partial charge in [-0.1, -0.05) is 35.5 Å². The Morgan fingerprint density at radius 2 is 1.88 bits per heavy atom. The molecule has 0 unspecified atom stereocenters. The van der Waals surface area contributed by atoms with Crippen LogP contribution in [0.1, 0.15) is 42.0 Å². The molecule has 6 nitrogen and oxygen atoms in total. The van der Waals surface area contributed by atoms with Crippen molar-refractivity contribution in [2.75, 3.05) is 7.05 Å². The third-order valence-electron chi connectivity index (χ3n) is 4.21. The summed E-state index contributed by atoms with van der Waals surface area (Å²) in [6.07, 6.45) is 2.35. The molecular formula is C19H21N5O. The summed E-state index contributed by atoms with van der Waals surface area (Å²) in [7, 11) is 2.01. The van der Waals surface area contributed by atoms with Crippen LogP contribution in [-0.4, -0.2) is 32.1 Å². The van der Waals surface area contributed by atoms with Crippen molar-refractivity contribution in [2.24, 2.45) is 0 Å². The van der Waals surface area contributed by atoms with Gasteiger partial charge in [-0.05, 0) is 32.9 Å². The number of nitrogens with zero attached hydrogens (tertiary/aromatic N) is 5. The van der Waals surface area contributed by atoms with Crippen molar-refractivity contribution >= 4 is 0 Å². The molecule has 0 saturated heterocycles. The minimum Gasteiger partial charge on any atom is -0.338 e. The second-order valence-corrected chi connectivity index (χ2v) is 6.67. The predicted molar refractivity (Wildman–Crippen MR) is 93.6 cm³/mol. The summed E-state index contributed by atoms with van der Waals surface area (Å²) in [5.41, 5.74) is 3.01. The van der Waals surface area contributed by atoms with Crippen LogP contribution in [0.2, 0.25) is 0 Å². The van der Waals surface area contributed by atoms with E-state index >= 15 is 0 Å². The first-order chi connectivity index (χ1) is 12.2. The van der Waals surface area contributed by atoms with Gasteiger partial charge in [-0.2, -0.15) is 4.98 Å². The van der Waals surface area contributed by atoms with Crippen molar-refractivity contribution < 1.29 is 4.52 Å². The average molecular weight is 335 g/mol. The van der Waals surface area contributed by atoms with E-state index in [1.807, 2.05) is 38.2 Å². The monoisotopic (exact) mass is 335 g/mol. The molecule has 25 heavy (non-hydrogen) atoms. The van der Waals surface area contributed by atoms with E-state index in [1.54, 1.807) is 0 Å². The van der Waals surface area contributed by atoms with Crippen LogP contribution in [0.3, 0.4) is 0 Å². The minimum atomic E-state index is 0.511. The van der Waals surface area contributed by atoms with Crippen molar-refractivity contribution in [2.45, 2.75) is 38.8 Å². The number of hydrogen-bond acceptors (Lipinski definition) is 6. The summed E-state index contributed by atoms with van der Waals surface area (Å²) in [5.74, 6) is 2.81. The van der Waals surface area contributed by atoms with Gasteiger partial charge in [-0.25, -0.2) is 9.97 Å². The Morgan fingerprint density at radius 3 is 2.64 bits per heavy atom. The van der Waals surface area contributed by atoms with E-state index in [0.717, 1.165) is 28.6 Å². The summed E-state index contributed by atoms with van der Waals surface area (Å²) in [6.45, 7) is 3.22. The zero-order chi connectivity index (χ0) is 17.2. The lowest BCUT2D eigenvalue weighted by atomic mass is 10.1. The maximum Gasteiger partial charge on any atom is 0.240 e. The van der Waals surface area contributed by atoms with E-state index < -0.39 is 0 Å². The molecule has 1 aliphatic carbocycles. The SMILES string of the molecule is Cc1cc(-c2ccccc2)nc(CN(C)Cc2nc(C3CC3)no2)n1. The van der Waals surface area contributed by atoms with Crippen LogP contribution in [0.4, 0.5) is 0 Å². The topological polar surface area (TPSA) is 67.9 Å². The van der Waals surface area contributed by atoms with Crippen molar-refractivity contribution in [1.82, 2.24) is 25.0 Å². The van der Waals surface area contributed by atoms with Gasteiger partial charge in [-0.15, -0.1) is 0 Å². The quantitative estimate of drug-likeness (QED) is 0.688. The molecule has 2 heterocycles. The normalized spacial score (nSPS) is 14.2. The first-order valence-corrected chi connectivity index (χ1v) is 8.58. The molecule has 1 aliphatic rings. The Morgan fingerprint density at radius 1 is 1.08 bits per heavy atom. The Hall–Kier alpha value is -2.60. The maximum atomic E-state index is 5.35. The van der Waals surface area contributed by atoms with E-state index in [1.165, 1.54) is 12.8 Å². The highest BCUT2D eigenvalue weighted by molar-refractivity contribution is 5.58. The van der Waals surface area contributed by atoms with Gasteiger partial charge in [0.2, 0.25) is 5.89 Å². The molecular weight excluding hydrogens is 314 g/mol. The molecule has 1 fully saturated rings. The van der Waals surface area contributed by atoms with E-state index in [-0.39, 0.29) is 0 Å².